The van der Waals surface area contributed by atoms with E-state index in [1.165, 1.54) is 23.8 Å². The summed E-state index contributed by atoms with van der Waals surface area (Å²) in [5.74, 6) is -0.278. The van der Waals surface area contributed by atoms with E-state index in [0.29, 0.717) is 5.56 Å². The molecule has 1 aliphatic rings. The van der Waals surface area contributed by atoms with Gasteiger partial charge in [0.25, 0.3) is 0 Å². The van der Waals surface area contributed by atoms with Crippen molar-refractivity contribution in [3.8, 4) is 11.3 Å². The number of nitrogens with one attached hydrogen (secondary N) is 1. The molecule has 4 heteroatoms. The first-order valence-corrected chi connectivity index (χ1v) is 6.45. The van der Waals surface area contributed by atoms with Gasteiger partial charge in [0.1, 0.15) is 0 Å². The summed E-state index contributed by atoms with van der Waals surface area (Å²) in [6.07, 6.45) is 4.97. The zero-order valence-electron chi connectivity index (χ0n) is 11.1. The first kappa shape index (κ1) is 12.0. The van der Waals surface area contributed by atoms with E-state index in [-0.39, 0.29) is 5.97 Å². The van der Waals surface area contributed by atoms with E-state index in [1.807, 2.05) is 25.3 Å². The molecule has 1 aromatic carbocycles. The number of hydrogen-bond acceptors (Lipinski definition) is 3. The number of carbonyl (C=O) groups excluding carboxylic acids is 1. The van der Waals surface area contributed by atoms with E-state index < -0.39 is 0 Å². The largest absolute Gasteiger partial charge is 0.465 e. The lowest BCUT2D eigenvalue weighted by molar-refractivity contribution is 0.0600. The van der Waals surface area contributed by atoms with Crippen LogP contribution in [0.1, 0.15) is 33.5 Å². The molecule has 0 saturated carbocycles. The van der Waals surface area contributed by atoms with Crippen LogP contribution in [0.4, 0.5) is 0 Å². The van der Waals surface area contributed by atoms with Crippen molar-refractivity contribution in [1.82, 2.24) is 10.2 Å². The lowest BCUT2D eigenvalue weighted by Crippen LogP contribution is -2.04. The number of rotatable bonds is 1. The van der Waals surface area contributed by atoms with Crippen molar-refractivity contribution >= 4 is 5.97 Å². The molecule has 2 aromatic rings. The summed E-state index contributed by atoms with van der Waals surface area (Å²) in [6, 6.07) is 3.84. The van der Waals surface area contributed by atoms with Crippen LogP contribution in [0, 0.1) is 6.92 Å². The van der Waals surface area contributed by atoms with E-state index in [2.05, 4.69) is 10.2 Å². The number of methoxy groups -OCH3 is 1. The van der Waals surface area contributed by atoms with Gasteiger partial charge in [0, 0.05) is 5.56 Å². The lowest BCUT2D eigenvalue weighted by atomic mass is 9.94. The van der Waals surface area contributed by atoms with Gasteiger partial charge in [-0.3, -0.25) is 5.10 Å². The van der Waals surface area contributed by atoms with Crippen molar-refractivity contribution in [1.29, 1.82) is 0 Å². The molecule has 1 aromatic heterocycles. The lowest BCUT2D eigenvalue weighted by Gasteiger charge is -2.12. The Hall–Kier alpha value is -2.10. The Morgan fingerprint density at radius 1 is 1.32 bits per heavy atom. The van der Waals surface area contributed by atoms with Crippen LogP contribution in [0.25, 0.3) is 11.3 Å². The number of aromatic nitrogens is 2. The summed E-state index contributed by atoms with van der Waals surface area (Å²) in [4.78, 5) is 11.7. The van der Waals surface area contributed by atoms with Gasteiger partial charge in [0.2, 0.25) is 0 Å². The fraction of sp³-hybridized carbons (Fsp3) is 0.333. The Morgan fingerprint density at radius 2 is 2.11 bits per heavy atom. The number of hydrogen-bond donors (Lipinski definition) is 1. The second-order valence-electron chi connectivity index (χ2n) is 4.94. The maximum absolute atomic E-state index is 11.7. The average molecular weight is 256 g/mol. The molecule has 0 radical (unpaired) electrons. The average Bonchev–Trinajstić information content (AvgIpc) is 2.78. The fourth-order valence-electron chi connectivity index (χ4n) is 2.84. The molecule has 0 saturated heterocycles. The standard InChI is InChI=1S/C15H16N2O2/c1-9-6-12(15(18)19-2)7-10-4-3-5-11-8-16-17-14(11)13(9)10/h6-8H,3-5H2,1-2H3,(H,16,17). The highest BCUT2D eigenvalue weighted by Gasteiger charge is 2.20. The third-order valence-corrected chi connectivity index (χ3v) is 3.70. The van der Waals surface area contributed by atoms with Crippen LogP contribution in [-0.4, -0.2) is 23.3 Å². The number of H-pyrrole nitrogens is 1. The maximum Gasteiger partial charge on any atom is 0.337 e. The second-order valence-corrected chi connectivity index (χ2v) is 4.94. The molecule has 19 heavy (non-hydrogen) atoms. The number of esters is 1. The van der Waals surface area contributed by atoms with E-state index in [0.717, 1.165) is 30.5 Å². The number of aryl methyl sites for hydroxylation is 3. The fourth-order valence-corrected chi connectivity index (χ4v) is 2.84. The Balaban J connectivity index is 2.20. The van der Waals surface area contributed by atoms with Gasteiger partial charge in [-0.15, -0.1) is 0 Å². The van der Waals surface area contributed by atoms with Crippen molar-refractivity contribution in [2.24, 2.45) is 0 Å². The second kappa shape index (κ2) is 4.53. The van der Waals surface area contributed by atoms with Gasteiger partial charge in [-0.25, -0.2) is 4.79 Å². The summed E-state index contributed by atoms with van der Waals surface area (Å²) in [5, 5.41) is 7.23. The van der Waals surface area contributed by atoms with Crippen molar-refractivity contribution in [3.63, 3.8) is 0 Å². The van der Waals surface area contributed by atoms with Gasteiger partial charge >= 0.3 is 5.97 Å². The van der Waals surface area contributed by atoms with Crippen LogP contribution >= 0.6 is 0 Å². The van der Waals surface area contributed by atoms with E-state index in [9.17, 15) is 4.79 Å². The molecular formula is C15H16N2O2. The summed E-state index contributed by atoms with van der Waals surface area (Å²) < 4.78 is 4.81. The quantitative estimate of drug-likeness (QED) is 0.798. The van der Waals surface area contributed by atoms with Gasteiger partial charge in [-0.1, -0.05) is 0 Å². The van der Waals surface area contributed by atoms with Crippen LogP contribution in [0.2, 0.25) is 0 Å². The molecule has 0 bridgehead atoms. The van der Waals surface area contributed by atoms with Crippen LogP contribution in [0.3, 0.4) is 0 Å². The zero-order chi connectivity index (χ0) is 13.4. The monoisotopic (exact) mass is 256 g/mol. The van der Waals surface area contributed by atoms with Crippen LogP contribution in [-0.2, 0) is 17.6 Å². The summed E-state index contributed by atoms with van der Waals surface area (Å²) in [6.45, 7) is 2.03. The van der Waals surface area contributed by atoms with Crippen molar-refractivity contribution in [2.45, 2.75) is 26.2 Å². The topological polar surface area (TPSA) is 55.0 Å². The van der Waals surface area contributed by atoms with Crippen molar-refractivity contribution in [3.05, 3.63) is 40.6 Å². The zero-order valence-corrected chi connectivity index (χ0v) is 11.1. The number of aromatic amines is 1. The van der Waals surface area contributed by atoms with Crippen LogP contribution in [0.5, 0.6) is 0 Å². The van der Waals surface area contributed by atoms with E-state index >= 15 is 0 Å². The van der Waals surface area contributed by atoms with Gasteiger partial charge in [0.05, 0.1) is 24.6 Å². The minimum absolute atomic E-state index is 0.278. The minimum Gasteiger partial charge on any atom is -0.465 e. The molecule has 1 aliphatic carbocycles. The molecule has 0 spiro atoms. The molecule has 1 heterocycles. The summed E-state index contributed by atoms with van der Waals surface area (Å²) in [7, 11) is 1.41. The van der Waals surface area contributed by atoms with E-state index in [1.54, 1.807) is 0 Å². The molecule has 0 amide bonds. The Labute approximate surface area is 111 Å². The third kappa shape index (κ3) is 1.93. The van der Waals surface area contributed by atoms with Crippen molar-refractivity contribution in [2.75, 3.05) is 7.11 Å². The number of benzene rings is 1. The van der Waals surface area contributed by atoms with Gasteiger partial charge in [-0.2, -0.15) is 5.10 Å². The number of ether oxygens (including phenoxy) is 1. The molecule has 0 atom stereocenters. The SMILES string of the molecule is COC(=O)c1cc(C)c2c(c1)CCCc1cn[nH]c1-2. The minimum atomic E-state index is -0.278. The first-order chi connectivity index (χ1) is 9.20. The highest BCUT2D eigenvalue weighted by Crippen LogP contribution is 2.34. The maximum atomic E-state index is 11.7. The molecule has 0 fully saturated rings. The Kier molecular flexibility index (Phi) is 2.85. The smallest absolute Gasteiger partial charge is 0.337 e. The predicted molar refractivity (Wildman–Crippen MR) is 72.1 cm³/mol. The third-order valence-electron chi connectivity index (χ3n) is 3.70. The van der Waals surface area contributed by atoms with Crippen LogP contribution < -0.4 is 0 Å². The number of carbonyl (C=O) groups is 1. The molecule has 4 nitrogen and oxygen atoms in total. The van der Waals surface area contributed by atoms with Crippen LogP contribution in [0.15, 0.2) is 18.3 Å². The normalized spacial score (nSPS) is 13.4. The molecule has 0 aliphatic heterocycles. The van der Waals surface area contributed by atoms with E-state index in [4.69, 9.17) is 4.74 Å². The number of fused-ring (bicyclic) bond motifs is 3. The highest BCUT2D eigenvalue weighted by atomic mass is 16.5. The Bertz CT molecular complexity index is 644. The van der Waals surface area contributed by atoms with Gasteiger partial charge in [-0.05, 0) is 55.0 Å². The molecule has 3 rings (SSSR count). The van der Waals surface area contributed by atoms with Crippen molar-refractivity contribution < 1.29 is 9.53 Å². The number of nitrogens with zero attached hydrogens (tertiary/aromatic N) is 1. The molecular weight excluding hydrogens is 240 g/mol. The molecule has 0 unspecified atom stereocenters. The highest BCUT2D eigenvalue weighted by molar-refractivity contribution is 5.91. The Morgan fingerprint density at radius 3 is 2.89 bits per heavy atom. The van der Waals surface area contributed by atoms with Gasteiger partial charge in [0.15, 0.2) is 0 Å². The predicted octanol–water partition coefficient (Wildman–Crippen LogP) is 2.66. The van der Waals surface area contributed by atoms with Gasteiger partial charge < -0.3 is 4.74 Å². The summed E-state index contributed by atoms with van der Waals surface area (Å²) in [5.41, 5.74) is 6.46. The summed E-state index contributed by atoms with van der Waals surface area (Å²) >= 11 is 0. The first-order valence-electron chi connectivity index (χ1n) is 6.45. The molecule has 98 valence electrons. The molecule has 1 N–H and O–H groups in total.